The average Bonchev–Trinajstić information content (AvgIpc) is 2.41. The number of carbonyl (C=O) groups excluding carboxylic acids is 3. The summed E-state index contributed by atoms with van der Waals surface area (Å²) in [5.74, 6) is -1.10. The van der Waals surface area contributed by atoms with Gasteiger partial charge in [-0.1, -0.05) is 23.2 Å². The Morgan fingerprint density at radius 1 is 1.33 bits per heavy atom. The van der Waals surface area contributed by atoms with Crippen molar-refractivity contribution in [2.24, 2.45) is 0 Å². The SMILES string of the molecule is COc1c(Cl)cc(C(=O)NC2CCC(=O)NC2=O)cc1Cl. The van der Waals surface area contributed by atoms with Crippen LogP contribution in [0.5, 0.6) is 5.75 Å². The lowest BCUT2D eigenvalue weighted by Crippen LogP contribution is -2.52. The van der Waals surface area contributed by atoms with Crippen molar-refractivity contribution in [3.05, 3.63) is 27.7 Å². The number of methoxy groups -OCH3 is 1. The van der Waals surface area contributed by atoms with Crippen molar-refractivity contribution in [3.63, 3.8) is 0 Å². The molecule has 0 aromatic heterocycles. The number of hydrogen-bond donors (Lipinski definition) is 2. The molecule has 1 fully saturated rings. The molecule has 0 radical (unpaired) electrons. The molecule has 0 aliphatic carbocycles. The number of nitrogens with one attached hydrogen (secondary N) is 2. The van der Waals surface area contributed by atoms with Crippen LogP contribution in [-0.2, 0) is 9.59 Å². The van der Waals surface area contributed by atoms with Gasteiger partial charge in [0.1, 0.15) is 6.04 Å². The van der Waals surface area contributed by atoms with Crippen LogP contribution >= 0.6 is 23.2 Å². The maximum absolute atomic E-state index is 12.1. The molecule has 1 saturated heterocycles. The molecule has 2 N–H and O–H groups in total. The predicted octanol–water partition coefficient (Wildman–Crippen LogP) is 1.54. The number of halogens is 2. The number of ether oxygens (including phenoxy) is 1. The summed E-state index contributed by atoms with van der Waals surface area (Å²) in [7, 11) is 1.41. The first kappa shape index (κ1) is 15.6. The van der Waals surface area contributed by atoms with Crippen molar-refractivity contribution >= 4 is 40.9 Å². The normalized spacial score (nSPS) is 18.1. The smallest absolute Gasteiger partial charge is 0.252 e. The molecule has 112 valence electrons. The van der Waals surface area contributed by atoms with E-state index in [1.165, 1.54) is 19.2 Å². The van der Waals surface area contributed by atoms with Gasteiger partial charge in [0, 0.05) is 12.0 Å². The molecule has 1 unspecified atom stereocenters. The van der Waals surface area contributed by atoms with Crippen molar-refractivity contribution in [2.45, 2.75) is 18.9 Å². The summed E-state index contributed by atoms with van der Waals surface area (Å²) in [5.41, 5.74) is 0.204. The van der Waals surface area contributed by atoms with Gasteiger partial charge in [0.25, 0.3) is 5.91 Å². The zero-order valence-electron chi connectivity index (χ0n) is 11.0. The Balaban J connectivity index is 2.14. The van der Waals surface area contributed by atoms with Crippen LogP contribution in [0.25, 0.3) is 0 Å². The molecule has 1 heterocycles. The van der Waals surface area contributed by atoms with Crippen LogP contribution < -0.4 is 15.4 Å². The molecule has 3 amide bonds. The lowest BCUT2D eigenvalue weighted by Gasteiger charge is -2.22. The predicted molar refractivity (Wildman–Crippen MR) is 76.7 cm³/mol. The summed E-state index contributed by atoms with van der Waals surface area (Å²) >= 11 is 11.9. The Kier molecular flexibility index (Phi) is 4.69. The Labute approximate surface area is 130 Å². The van der Waals surface area contributed by atoms with Gasteiger partial charge in [-0.05, 0) is 18.6 Å². The van der Waals surface area contributed by atoms with Gasteiger partial charge in [-0.25, -0.2) is 0 Å². The fourth-order valence-corrected chi connectivity index (χ4v) is 2.60. The number of carbonyl (C=O) groups is 3. The Morgan fingerprint density at radius 2 is 1.95 bits per heavy atom. The van der Waals surface area contributed by atoms with Crippen LogP contribution in [0.4, 0.5) is 0 Å². The molecule has 0 spiro atoms. The minimum absolute atomic E-state index is 0.181. The molecule has 1 aliphatic heterocycles. The maximum Gasteiger partial charge on any atom is 0.252 e. The number of amides is 3. The highest BCUT2D eigenvalue weighted by atomic mass is 35.5. The Hall–Kier alpha value is -1.79. The number of rotatable bonds is 3. The minimum Gasteiger partial charge on any atom is -0.494 e. The molecule has 0 saturated carbocycles. The highest BCUT2D eigenvalue weighted by Gasteiger charge is 2.28. The van der Waals surface area contributed by atoms with E-state index >= 15 is 0 Å². The lowest BCUT2D eigenvalue weighted by atomic mass is 10.1. The van der Waals surface area contributed by atoms with Crippen LogP contribution in [0.1, 0.15) is 23.2 Å². The van der Waals surface area contributed by atoms with E-state index in [9.17, 15) is 14.4 Å². The van der Waals surface area contributed by atoms with Crippen molar-refractivity contribution in [1.82, 2.24) is 10.6 Å². The van der Waals surface area contributed by atoms with Crippen LogP contribution in [0, 0.1) is 0 Å². The van der Waals surface area contributed by atoms with Crippen LogP contribution in [0.15, 0.2) is 12.1 Å². The molecular formula is C13H12Cl2N2O4. The van der Waals surface area contributed by atoms with Gasteiger partial charge in [0.15, 0.2) is 5.75 Å². The van der Waals surface area contributed by atoms with E-state index in [1.54, 1.807) is 0 Å². The second-order valence-corrected chi connectivity index (χ2v) is 5.26. The van der Waals surface area contributed by atoms with E-state index in [1.807, 2.05) is 0 Å². The van der Waals surface area contributed by atoms with E-state index in [4.69, 9.17) is 27.9 Å². The Morgan fingerprint density at radius 3 is 2.48 bits per heavy atom. The molecular weight excluding hydrogens is 319 g/mol. The van der Waals surface area contributed by atoms with Crippen molar-refractivity contribution in [3.8, 4) is 5.75 Å². The molecule has 1 aromatic rings. The van der Waals surface area contributed by atoms with Gasteiger partial charge >= 0.3 is 0 Å². The summed E-state index contributed by atoms with van der Waals surface area (Å²) in [4.78, 5) is 34.7. The van der Waals surface area contributed by atoms with Crippen molar-refractivity contribution in [2.75, 3.05) is 7.11 Å². The fourth-order valence-electron chi connectivity index (χ4n) is 1.96. The minimum atomic E-state index is -0.755. The standard InChI is InChI=1S/C13H12Cl2N2O4/c1-21-11-7(14)4-6(5-8(11)15)12(19)16-9-2-3-10(18)17-13(9)20/h4-5,9H,2-3H2,1H3,(H,16,19)(H,17,18,20). The van der Waals surface area contributed by atoms with Crippen LogP contribution in [-0.4, -0.2) is 30.9 Å². The third kappa shape index (κ3) is 3.46. The van der Waals surface area contributed by atoms with Gasteiger partial charge in [-0.3, -0.25) is 19.7 Å². The van der Waals surface area contributed by atoms with Gasteiger partial charge < -0.3 is 10.1 Å². The fraction of sp³-hybridized carbons (Fsp3) is 0.308. The number of hydrogen-bond acceptors (Lipinski definition) is 4. The zero-order chi connectivity index (χ0) is 15.6. The zero-order valence-corrected chi connectivity index (χ0v) is 12.5. The molecule has 21 heavy (non-hydrogen) atoms. The summed E-state index contributed by atoms with van der Waals surface area (Å²) in [6.45, 7) is 0. The number of piperidine rings is 1. The van der Waals surface area contributed by atoms with Crippen LogP contribution in [0.2, 0.25) is 10.0 Å². The van der Waals surface area contributed by atoms with Crippen LogP contribution in [0.3, 0.4) is 0 Å². The molecule has 6 nitrogen and oxygen atoms in total. The van der Waals surface area contributed by atoms with E-state index in [-0.39, 0.29) is 40.1 Å². The summed E-state index contributed by atoms with van der Waals surface area (Å²) in [6, 6.07) is 2.04. The third-order valence-electron chi connectivity index (χ3n) is 3.01. The van der Waals surface area contributed by atoms with E-state index in [0.717, 1.165) is 0 Å². The molecule has 1 atom stereocenters. The average molecular weight is 331 g/mol. The molecule has 1 aromatic carbocycles. The lowest BCUT2D eigenvalue weighted by molar-refractivity contribution is -0.134. The maximum atomic E-state index is 12.1. The topological polar surface area (TPSA) is 84.5 Å². The molecule has 2 rings (SSSR count). The first-order chi connectivity index (χ1) is 9.92. The van der Waals surface area contributed by atoms with E-state index in [0.29, 0.717) is 0 Å². The first-order valence-corrected chi connectivity index (χ1v) is 6.85. The summed E-state index contributed by atoms with van der Waals surface area (Å²) in [6.07, 6.45) is 0.439. The quantitative estimate of drug-likeness (QED) is 0.823. The molecule has 0 bridgehead atoms. The van der Waals surface area contributed by atoms with Gasteiger partial charge in [-0.2, -0.15) is 0 Å². The second kappa shape index (κ2) is 6.32. The molecule has 8 heteroatoms. The van der Waals surface area contributed by atoms with Gasteiger partial charge in [0.2, 0.25) is 11.8 Å². The highest BCUT2D eigenvalue weighted by Crippen LogP contribution is 2.33. The molecule has 1 aliphatic rings. The summed E-state index contributed by atoms with van der Waals surface area (Å²) in [5, 5.41) is 5.08. The highest BCUT2D eigenvalue weighted by molar-refractivity contribution is 6.37. The van der Waals surface area contributed by atoms with E-state index < -0.39 is 17.9 Å². The Bertz CT molecular complexity index is 595. The first-order valence-electron chi connectivity index (χ1n) is 6.10. The van der Waals surface area contributed by atoms with Gasteiger partial charge in [0.05, 0.1) is 17.2 Å². The summed E-state index contributed by atoms with van der Waals surface area (Å²) < 4.78 is 4.99. The largest absolute Gasteiger partial charge is 0.494 e. The second-order valence-electron chi connectivity index (χ2n) is 4.45. The van der Waals surface area contributed by atoms with E-state index in [2.05, 4.69) is 10.6 Å². The monoisotopic (exact) mass is 330 g/mol. The number of benzene rings is 1. The third-order valence-corrected chi connectivity index (χ3v) is 3.57. The van der Waals surface area contributed by atoms with Crippen molar-refractivity contribution < 1.29 is 19.1 Å². The van der Waals surface area contributed by atoms with Crippen molar-refractivity contribution in [1.29, 1.82) is 0 Å². The number of imide groups is 1. The van der Waals surface area contributed by atoms with Gasteiger partial charge in [-0.15, -0.1) is 0 Å².